The molecule has 78 valence electrons. The number of hydrogen-bond donors (Lipinski definition) is 1. The number of hydrogen-bond acceptors (Lipinski definition) is 4. The first-order valence-electron chi connectivity index (χ1n) is 4.57. The minimum atomic E-state index is -0.318. The van der Waals surface area contributed by atoms with Gasteiger partial charge < -0.3 is 10.5 Å². The first kappa shape index (κ1) is 11.1. The molecule has 0 saturated heterocycles. The van der Waals surface area contributed by atoms with Gasteiger partial charge in [-0.15, -0.1) is 0 Å². The minimum Gasteiger partial charge on any atom is -0.465 e. The van der Waals surface area contributed by atoms with Crippen molar-refractivity contribution in [3.63, 3.8) is 0 Å². The number of nitrogen functional groups attached to an aromatic ring is 1. The van der Waals surface area contributed by atoms with Crippen LogP contribution in [0.25, 0.3) is 0 Å². The topological polar surface area (TPSA) is 65.2 Å². The molecule has 0 fully saturated rings. The normalized spacial score (nSPS) is 8.87. The molecule has 0 aromatic carbocycles. The number of nitrogens with two attached hydrogens (primary N) is 1. The molecule has 0 atom stereocenters. The monoisotopic (exact) mass is 204 g/mol. The van der Waals surface area contributed by atoms with E-state index in [4.69, 9.17) is 10.5 Å². The van der Waals surface area contributed by atoms with Gasteiger partial charge in [0.1, 0.15) is 6.42 Å². The van der Waals surface area contributed by atoms with Gasteiger partial charge in [0.05, 0.1) is 12.3 Å². The van der Waals surface area contributed by atoms with Gasteiger partial charge in [0, 0.05) is 18.0 Å². The molecule has 1 rings (SSSR count). The predicted molar refractivity (Wildman–Crippen MR) is 56.8 cm³/mol. The van der Waals surface area contributed by atoms with Crippen LogP contribution in [-0.2, 0) is 9.53 Å². The molecule has 15 heavy (non-hydrogen) atoms. The van der Waals surface area contributed by atoms with Crippen LogP contribution in [-0.4, -0.2) is 17.6 Å². The second kappa shape index (κ2) is 5.66. The first-order chi connectivity index (χ1) is 7.22. The van der Waals surface area contributed by atoms with Crippen LogP contribution in [0.1, 0.15) is 18.9 Å². The van der Waals surface area contributed by atoms with E-state index in [-0.39, 0.29) is 12.4 Å². The fourth-order valence-corrected chi connectivity index (χ4v) is 0.957. The first-order valence-corrected chi connectivity index (χ1v) is 4.57. The van der Waals surface area contributed by atoms with Gasteiger partial charge in [-0.25, -0.2) is 0 Å². The number of rotatable bonds is 2. The van der Waals surface area contributed by atoms with Crippen LogP contribution in [0.5, 0.6) is 0 Å². The Kier molecular flexibility index (Phi) is 4.17. The van der Waals surface area contributed by atoms with Crippen LogP contribution < -0.4 is 5.73 Å². The second-order valence-electron chi connectivity index (χ2n) is 2.79. The molecule has 0 amide bonds. The second-order valence-corrected chi connectivity index (χ2v) is 2.79. The quantitative estimate of drug-likeness (QED) is 0.575. The fraction of sp³-hybridized carbons (Fsp3) is 0.273. The maximum absolute atomic E-state index is 10.9. The summed E-state index contributed by atoms with van der Waals surface area (Å²) in [7, 11) is 0. The molecule has 1 aromatic heterocycles. The largest absolute Gasteiger partial charge is 0.465 e. The number of nitrogens with zero attached hydrogens (tertiary/aromatic N) is 1. The SMILES string of the molecule is CCOC(=O)CC#Cc1cncc(N)c1. The molecule has 0 aliphatic heterocycles. The van der Waals surface area contributed by atoms with E-state index < -0.39 is 0 Å². The molecular weight excluding hydrogens is 192 g/mol. The van der Waals surface area contributed by atoms with Crippen LogP contribution in [0.4, 0.5) is 5.69 Å². The summed E-state index contributed by atoms with van der Waals surface area (Å²) >= 11 is 0. The number of carbonyl (C=O) groups is 1. The zero-order valence-electron chi connectivity index (χ0n) is 8.49. The van der Waals surface area contributed by atoms with Crippen molar-refractivity contribution in [1.82, 2.24) is 4.98 Å². The van der Waals surface area contributed by atoms with Gasteiger partial charge in [0.2, 0.25) is 0 Å². The van der Waals surface area contributed by atoms with Gasteiger partial charge in [0.15, 0.2) is 0 Å². The van der Waals surface area contributed by atoms with Gasteiger partial charge in [-0.05, 0) is 13.0 Å². The smallest absolute Gasteiger partial charge is 0.317 e. The summed E-state index contributed by atoms with van der Waals surface area (Å²) < 4.78 is 4.72. The van der Waals surface area contributed by atoms with Crippen molar-refractivity contribution in [3.05, 3.63) is 24.0 Å². The molecule has 1 heterocycles. The van der Waals surface area contributed by atoms with Crippen molar-refractivity contribution in [2.75, 3.05) is 12.3 Å². The maximum atomic E-state index is 10.9. The van der Waals surface area contributed by atoms with E-state index in [1.807, 2.05) is 0 Å². The minimum absolute atomic E-state index is 0.0860. The van der Waals surface area contributed by atoms with E-state index in [0.29, 0.717) is 17.9 Å². The molecule has 2 N–H and O–H groups in total. The summed E-state index contributed by atoms with van der Waals surface area (Å²) in [6.45, 7) is 2.13. The summed E-state index contributed by atoms with van der Waals surface area (Å²) in [5, 5.41) is 0. The van der Waals surface area contributed by atoms with Gasteiger partial charge >= 0.3 is 5.97 Å². The van der Waals surface area contributed by atoms with Crippen molar-refractivity contribution < 1.29 is 9.53 Å². The highest BCUT2D eigenvalue weighted by Gasteiger charge is 1.96. The molecule has 4 nitrogen and oxygen atoms in total. The highest BCUT2D eigenvalue weighted by atomic mass is 16.5. The molecule has 0 spiro atoms. The van der Waals surface area contributed by atoms with Crippen molar-refractivity contribution in [2.24, 2.45) is 0 Å². The van der Waals surface area contributed by atoms with E-state index in [1.54, 1.807) is 19.2 Å². The molecule has 1 aromatic rings. The van der Waals surface area contributed by atoms with Gasteiger partial charge in [-0.1, -0.05) is 11.8 Å². The Hall–Kier alpha value is -2.02. The summed E-state index contributed by atoms with van der Waals surface area (Å²) in [5.74, 6) is 5.16. The molecule has 0 radical (unpaired) electrons. The maximum Gasteiger partial charge on any atom is 0.317 e. The Morgan fingerprint density at radius 3 is 3.07 bits per heavy atom. The predicted octanol–water partition coefficient (Wildman–Crippen LogP) is 0.968. The molecule has 0 unspecified atom stereocenters. The Morgan fingerprint density at radius 1 is 1.60 bits per heavy atom. The van der Waals surface area contributed by atoms with Crippen molar-refractivity contribution in [3.8, 4) is 11.8 Å². The lowest BCUT2D eigenvalue weighted by molar-refractivity contribution is -0.141. The van der Waals surface area contributed by atoms with Crippen molar-refractivity contribution in [2.45, 2.75) is 13.3 Å². The highest BCUT2D eigenvalue weighted by molar-refractivity contribution is 5.72. The molecule has 0 bridgehead atoms. The Morgan fingerprint density at radius 2 is 2.40 bits per heavy atom. The van der Waals surface area contributed by atoms with Crippen LogP contribution in [0, 0.1) is 11.8 Å². The lowest BCUT2D eigenvalue weighted by atomic mass is 10.2. The third-order valence-electron chi connectivity index (χ3n) is 1.53. The van der Waals surface area contributed by atoms with Crippen LogP contribution in [0.2, 0.25) is 0 Å². The molecular formula is C11H12N2O2. The van der Waals surface area contributed by atoms with E-state index in [9.17, 15) is 4.79 Å². The van der Waals surface area contributed by atoms with Crippen LogP contribution >= 0.6 is 0 Å². The fourth-order valence-electron chi connectivity index (χ4n) is 0.957. The Balaban J connectivity index is 2.55. The summed E-state index contributed by atoms with van der Waals surface area (Å²) in [4.78, 5) is 14.8. The van der Waals surface area contributed by atoms with Crippen LogP contribution in [0.3, 0.4) is 0 Å². The average molecular weight is 204 g/mol. The number of pyridine rings is 1. The number of aromatic nitrogens is 1. The lowest BCUT2D eigenvalue weighted by Crippen LogP contribution is -2.01. The van der Waals surface area contributed by atoms with Gasteiger partial charge in [-0.2, -0.15) is 0 Å². The van der Waals surface area contributed by atoms with Gasteiger partial charge in [0.25, 0.3) is 0 Å². The number of anilines is 1. The lowest BCUT2D eigenvalue weighted by Gasteiger charge is -1.95. The molecule has 0 aliphatic rings. The van der Waals surface area contributed by atoms with E-state index in [1.165, 1.54) is 6.20 Å². The number of esters is 1. The zero-order valence-corrected chi connectivity index (χ0v) is 8.49. The Labute approximate surface area is 88.5 Å². The van der Waals surface area contributed by atoms with E-state index >= 15 is 0 Å². The summed E-state index contributed by atoms with van der Waals surface area (Å²) in [6, 6.07) is 1.70. The van der Waals surface area contributed by atoms with Crippen LogP contribution in [0.15, 0.2) is 18.5 Å². The van der Waals surface area contributed by atoms with E-state index in [0.717, 1.165) is 0 Å². The average Bonchev–Trinajstić information content (AvgIpc) is 2.18. The third-order valence-corrected chi connectivity index (χ3v) is 1.53. The van der Waals surface area contributed by atoms with Crippen molar-refractivity contribution in [1.29, 1.82) is 0 Å². The number of carbonyl (C=O) groups excluding carboxylic acids is 1. The summed E-state index contributed by atoms with van der Waals surface area (Å²) in [6.07, 6.45) is 3.22. The molecule has 4 heteroatoms. The molecule has 0 saturated carbocycles. The Bertz CT molecular complexity index is 405. The highest BCUT2D eigenvalue weighted by Crippen LogP contribution is 2.01. The van der Waals surface area contributed by atoms with Gasteiger partial charge in [-0.3, -0.25) is 9.78 Å². The standard InChI is InChI=1S/C11H12N2O2/c1-2-15-11(14)5-3-4-9-6-10(12)8-13-7-9/h6-8H,2,5,12H2,1H3. The summed E-state index contributed by atoms with van der Waals surface area (Å²) in [5.41, 5.74) is 6.76. The van der Waals surface area contributed by atoms with Crippen molar-refractivity contribution >= 4 is 11.7 Å². The third kappa shape index (κ3) is 4.14. The zero-order chi connectivity index (χ0) is 11.1. The van der Waals surface area contributed by atoms with E-state index in [2.05, 4.69) is 16.8 Å². The molecule has 0 aliphatic carbocycles. The number of ether oxygens (including phenoxy) is 1.